The fourth-order valence-electron chi connectivity index (χ4n) is 1.59. The molecule has 0 aliphatic carbocycles. The summed E-state index contributed by atoms with van der Waals surface area (Å²) in [6.45, 7) is 1.67. The molecule has 0 atom stereocenters. The first-order valence-corrected chi connectivity index (χ1v) is 7.26. The molecule has 0 saturated heterocycles. The second-order valence-corrected chi connectivity index (χ2v) is 6.24. The Labute approximate surface area is 116 Å². The van der Waals surface area contributed by atoms with E-state index in [1.807, 2.05) is 0 Å². The molecular weight excluding hydrogens is 286 g/mol. The standard InChI is InChI=1S/C12H12ClN3O2S/c1-9-10(13)4-3-5-11(9)19(17,18)16(2)12-8-14-6-7-15-12/h3-8H,1-2H3. The number of hydrogen-bond donors (Lipinski definition) is 0. The SMILES string of the molecule is Cc1c(Cl)cccc1S(=O)(=O)N(C)c1cnccn1. The number of benzene rings is 1. The van der Waals surface area contributed by atoms with Crippen molar-refractivity contribution in [1.82, 2.24) is 9.97 Å². The fourth-order valence-corrected chi connectivity index (χ4v) is 3.21. The number of nitrogens with zero attached hydrogens (tertiary/aromatic N) is 3. The molecule has 100 valence electrons. The van der Waals surface area contributed by atoms with Crippen molar-refractivity contribution in [3.8, 4) is 0 Å². The minimum Gasteiger partial charge on any atom is -0.259 e. The van der Waals surface area contributed by atoms with E-state index in [1.165, 1.54) is 31.7 Å². The largest absolute Gasteiger partial charge is 0.265 e. The number of hydrogen-bond acceptors (Lipinski definition) is 4. The molecule has 7 heteroatoms. The number of aromatic nitrogens is 2. The second-order valence-electron chi connectivity index (χ2n) is 3.90. The Hall–Kier alpha value is -1.66. The number of rotatable bonds is 3. The summed E-state index contributed by atoms with van der Waals surface area (Å²) in [5.41, 5.74) is 0.514. The minimum atomic E-state index is -3.70. The van der Waals surface area contributed by atoms with Gasteiger partial charge in [0.15, 0.2) is 5.82 Å². The third-order valence-corrected chi connectivity index (χ3v) is 5.04. The first-order valence-electron chi connectivity index (χ1n) is 5.44. The van der Waals surface area contributed by atoms with E-state index >= 15 is 0 Å². The van der Waals surface area contributed by atoms with Gasteiger partial charge in [0.2, 0.25) is 0 Å². The van der Waals surface area contributed by atoms with Crippen LogP contribution in [-0.4, -0.2) is 25.4 Å². The lowest BCUT2D eigenvalue weighted by atomic mass is 10.2. The molecular formula is C12H12ClN3O2S. The number of halogens is 1. The molecule has 5 nitrogen and oxygen atoms in total. The zero-order valence-electron chi connectivity index (χ0n) is 10.4. The Morgan fingerprint density at radius 3 is 2.63 bits per heavy atom. The Kier molecular flexibility index (Phi) is 3.73. The van der Waals surface area contributed by atoms with Gasteiger partial charge < -0.3 is 0 Å². The van der Waals surface area contributed by atoms with E-state index in [0.717, 1.165) is 4.31 Å². The molecule has 0 saturated carbocycles. The van der Waals surface area contributed by atoms with Crippen molar-refractivity contribution in [2.75, 3.05) is 11.4 Å². The van der Waals surface area contributed by atoms with Gasteiger partial charge in [-0.3, -0.25) is 9.29 Å². The van der Waals surface area contributed by atoms with Crippen molar-refractivity contribution < 1.29 is 8.42 Å². The maximum Gasteiger partial charge on any atom is 0.265 e. The van der Waals surface area contributed by atoms with Crippen LogP contribution in [0.4, 0.5) is 5.82 Å². The molecule has 0 bridgehead atoms. The van der Waals surface area contributed by atoms with Crippen molar-refractivity contribution in [2.24, 2.45) is 0 Å². The van der Waals surface area contributed by atoms with E-state index in [4.69, 9.17) is 11.6 Å². The van der Waals surface area contributed by atoms with Gasteiger partial charge in [0.25, 0.3) is 10.0 Å². The molecule has 1 heterocycles. The van der Waals surface area contributed by atoms with Crippen molar-refractivity contribution in [1.29, 1.82) is 0 Å². The first-order chi connectivity index (χ1) is 8.94. The average molecular weight is 298 g/mol. The molecule has 0 unspecified atom stereocenters. The van der Waals surface area contributed by atoms with Gasteiger partial charge in [-0.15, -0.1) is 0 Å². The zero-order valence-corrected chi connectivity index (χ0v) is 12.0. The van der Waals surface area contributed by atoms with Gasteiger partial charge >= 0.3 is 0 Å². The second kappa shape index (κ2) is 5.14. The molecule has 2 rings (SSSR count). The molecule has 2 aromatic rings. The molecule has 19 heavy (non-hydrogen) atoms. The lowest BCUT2D eigenvalue weighted by Crippen LogP contribution is -2.28. The van der Waals surface area contributed by atoms with Crippen LogP contribution in [0.3, 0.4) is 0 Å². The molecule has 0 fully saturated rings. The Morgan fingerprint density at radius 2 is 2.00 bits per heavy atom. The van der Waals surface area contributed by atoms with Crippen molar-refractivity contribution in [2.45, 2.75) is 11.8 Å². The first kappa shape index (κ1) is 13.8. The van der Waals surface area contributed by atoms with Gasteiger partial charge in [-0.05, 0) is 24.6 Å². The lowest BCUT2D eigenvalue weighted by Gasteiger charge is -2.19. The Bertz CT molecular complexity index is 689. The molecule has 0 amide bonds. The highest BCUT2D eigenvalue weighted by molar-refractivity contribution is 7.92. The minimum absolute atomic E-state index is 0.160. The highest BCUT2D eigenvalue weighted by Gasteiger charge is 2.24. The van der Waals surface area contributed by atoms with Crippen LogP contribution in [0.1, 0.15) is 5.56 Å². The highest BCUT2D eigenvalue weighted by atomic mass is 35.5. The van der Waals surface area contributed by atoms with Crippen LogP contribution in [0, 0.1) is 6.92 Å². The fraction of sp³-hybridized carbons (Fsp3) is 0.167. The zero-order chi connectivity index (χ0) is 14.0. The van der Waals surface area contributed by atoms with Crippen LogP contribution in [0.15, 0.2) is 41.7 Å². The van der Waals surface area contributed by atoms with Gasteiger partial charge in [-0.1, -0.05) is 17.7 Å². The highest BCUT2D eigenvalue weighted by Crippen LogP contribution is 2.26. The summed E-state index contributed by atoms with van der Waals surface area (Å²) < 4.78 is 26.1. The molecule has 0 spiro atoms. The molecule has 0 aliphatic rings. The van der Waals surface area contributed by atoms with E-state index in [0.29, 0.717) is 10.6 Å². The Balaban J connectivity index is 2.52. The summed E-state index contributed by atoms with van der Waals surface area (Å²) in [4.78, 5) is 7.99. The van der Waals surface area contributed by atoms with E-state index in [1.54, 1.807) is 19.1 Å². The quantitative estimate of drug-likeness (QED) is 0.872. The van der Waals surface area contributed by atoms with E-state index in [-0.39, 0.29) is 10.7 Å². The van der Waals surface area contributed by atoms with Gasteiger partial charge in [-0.2, -0.15) is 0 Å². The van der Waals surface area contributed by atoms with Crippen LogP contribution in [0.2, 0.25) is 5.02 Å². The maximum atomic E-state index is 12.5. The summed E-state index contributed by atoms with van der Waals surface area (Å²) >= 11 is 5.96. The van der Waals surface area contributed by atoms with Gasteiger partial charge in [0, 0.05) is 24.5 Å². The predicted molar refractivity (Wildman–Crippen MR) is 73.8 cm³/mol. The normalized spacial score (nSPS) is 11.3. The number of anilines is 1. The van der Waals surface area contributed by atoms with Gasteiger partial charge in [0.05, 0.1) is 11.1 Å². The summed E-state index contributed by atoms with van der Waals surface area (Å²) in [6.07, 6.45) is 4.30. The predicted octanol–water partition coefficient (Wildman–Crippen LogP) is 2.26. The third-order valence-electron chi connectivity index (χ3n) is 2.73. The van der Waals surface area contributed by atoms with E-state index in [2.05, 4.69) is 9.97 Å². The third kappa shape index (κ3) is 2.54. The topological polar surface area (TPSA) is 63.2 Å². The van der Waals surface area contributed by atoms with Crippen LogP contribution in [0.5, 0.6) is 0 Å². The lowest BCUT2D eigenvalue weighted by molar-refractivity contribution is 0.593. The molecule has 0 N–H and O–H groups in total. The van der Waals surface area contributed by atoms with Gasteiger partial charge in [0.1, 0.15) is 0 Å². The Morgan fingerprint density at radius 1 is 1.26 bits per heavy atom. The molecule has 1 aromatic heterocycles. The summed E-state index contributed by atoms with van der Waals surface area (Å²) in [5.74, 6) is 0.252. The van der Waals surface area contributed by atoms with E-state index < -0.39 is 10.0 Å². The van der Waals surface area contributed by atoms with Crippen molar-refractivity contribution in [3.05, 3.63) is 47.4 Å². The molecule has 0 radical (unpaired) electrons. The molecule has 0 aliphatic heterocycles. The smallest absolute Gasteiger partial charge is 0.259 e. The summed E-state index contributed by atoms with van der Waals surface area (Å²) in [7, 11) is -2.27. The van der Waals surface area contributed by atoms with E-state index in [9.17, 15) is 8.42 Å². The van der Waals surface area contributed by atoms with Crippen LogP contribution in [0.25, 0.3) is 0 Å². The maximum absolute atomic E-state index is 12.5. The van der Waals surface area contributed by atoms with Crippen LogP contribution < -0.4 is 4.31 Å². The van der Waals surface area contributed by atoms with Crippen molar-refractivity contribution in [3.63, 3.8) is 0 Å². The van der Waals surface area contributed by atoms with Crippen LogP contribution in [-0.2, 0) is 10.0 Å². The average Bonchev–Trinajstić information content (AvgIpc) is 2.41. The molecule has 1 aromatic carbocycles. The summed E-state index contributed by atoms with van der Waals surface area (Å²) in [5, 5.41) is 0.411. The van der Waals surface area contributed by atoms with Crippen molar-refractivity contribution >= 4 is 27.4 Å². The van der Waals surface area contributed by atoms with Gasteiger partial charge in [-0.25, -0.2) is 13.4 Å². The van der Waals surface area contributed by atoms with Crippen LogP contribution >= 0.6 is 11.6 Å². The summed E-state index contributed by atoms with van der Waals surface area (Å²) in [6, 6.07) is 4.77. The number of sulfonamides is 1. The monoisotopic (exact) mass is 297 g/mol.